The van der Waals surface area contributed by atoms with Crippen LogP contribution in [0, 0.1) is 5.92 Å². The van der Waals surface area contributed by atoms with Gasteiger partial charge in [-0.25, -0.2) is 5.10 Å². The maximum atomic E-state index is 12.3. The lowest BCUT2D eigenvalue weighted by Gasteiger charge is -2.38. The number of aliphatic hydroxyl groups excluding tert-OH is 1. The van der Waals surface area contributed by atoms with Crippen molar-refractivity contribution in [3.05, 3.63) is 58.3 Å². The van der Waals surface area contributed by atoms with Gasteiger partial charge in [0.2, 0.25) is 5.91 Å². The molecule has 0 radical (unpaired) electrons. The number of nitrogens with zero attached hydrogens (tertiary/aromatic N) is 2. The van der Waals surface area contributed by atoms with Gasteiger partial charge in [-0.15, -0.1) is 0 Å². The zero-order valence-electron chi connectivity index (χ0n) is 13.9. The zero-order valence-corrected chi connectivity index (χ0v) is 13.9. The number of carbonyl (C=O) groups excluding carboxylic acids is 1. The van der Waals surface area contributed by atoms with Gasteiger partial charge in [0.05, 0.1) is 11.8 Å². The van der Waals surface area contributed by atoms with Crippen LogP contribution >= 0.6 is 0 Å². The maximum absolute atomic E-state index is 12.3. The first kappa shape index (κ1) is 17.3. The van der Waals surface area contributed by atoms with Crippen LogP contribution < -0.4 is 10.9 Å². The van der Waals surface area contributed by atoms with Crippen LogP contribution in [-0.4, -0.2) is 38.3 Å². The third-order valence-electron chi connectivity index (χ3n) is 4.57. The van der Waals surface area contributed by atoms with E-state index in [0.717, 1.165) is 5.69 Å². The first-order chi connectivity index (χ1) is 12.1. The van der Waals surface area contributed by atoms with Crippen LogP contribution in [0.2, 0.25) is 0 Å². The Hall–Kier alpha value is -2.54. The molecule has 0 aromatic carbocycles. The molecule has 0 bridgehead atoms. The number of aliphatic hydroxyl groups is 1. The topological polar surface area (TPSA) is 108 Å². The molecule has 0 aliphatic heterocycles. The van der Waals surface area contributed by atoms with E-state index in [2.05, 4.69) is 20.5 Å². The molecule has 2 aromatic rings. The van der Waals surface area contributed by atoms with E-state index in [0.29, 0.717) is 37.8 Å². The Morgan fingerprint density at radius 1 is 1.28 bits per heavy atom. The molecule has 132 valence electrons. The number of pyridine rings is 1. The minimum Gasteiger partial charge on any atom is -0.393 e. The van der Waals surface area contributed by atoms with Crippen LogP contribution in [0.1, 0.15) is 30.7 Å². The van der Waals surface area contributed by atoms with Crippen LogP contribution in [0.15, 0.2) is 41.3 Å². The summed E-state index contributed by atoms with van der Waals surface area (Å²) in [5, 5.41) is 18.9. The second-order valence-corrected chi connectivity index (χ2v) is 6.50. The fourth-order valence-electron chi connectivity index (χ4n) is 3.07. The number of amides is 1. The van der Waals surface area contributed by atoms with E-state index < -0.39 is 0 Å². The number of aryl methyl sites for hydroxylation is 1. The van der Waals surface area contributed by atoms with Crippen LogP contribution in [-0.2, 0) is 17.6 Å². The van der Waals surface area contributed by atoms with Crippen LogP contribution in [0.3, 0.4) is 0 Å². The summed E-state index contributed by atoms with van der Waals surface area (Å²) in [6.07, 6.45) is 4.31. The van der Waals surface area contributed by atoms with Crippen LogP contribution in [0.25, 0.3) is 0 Å². The van der Waals surface area contributed by atoms with Crippen molar-refractivity contribution >= 4 is 5.91 Å². The standard InChI is InChI=1S/C18H22N4O3/c23-15-9-12(10-15)16(11-14-3-1-2-8-19-14)20-17(24)6-4-13-5-7-18(25)22-21-13/h1-3,5,7-8,12,15-16,23H,4,6,9-11H2,(H,20,24)(H,22,25)/t12?,15?,16-/m1/s1. The van der Waals surface area contributed by atoms with Crippen molar-refractivity contribution in [3.8, 4) is 0 Å². The van der Waals surface area contributed by atoms with Crippen molar-refractivity contribution < 1.29 is 9.90 Å². The van der Waals surface area contributed by atoms with Gasteiger partial charge in [-0.1, -0.05) is 6.07 Å². The van der Waals surface area contributed by atoms with Crippen molar-refractivity contribution in [2.45, 2.75) is 44.2 Å². The molecule has 0 spiro atoms. The minimum atomic E-state index is -0.265. The lowest BCUT2D eigenvalue weighted by Crippen LogP contribution is -2.48. The molecule has 0 unspecified atom stereocenters. The summed E-state index contributed by atoms with van der Waals surface area (Å²) in [5.74, 6) is 0.211. The lowest BCUT2D eigenvalue weighted by molar-refractivity contribution is -0.122. The van der Waals surface area contributed by atoms with Crippen molar-refractivity contribution in [3.63, 3.8) is 0 Å². The van der Waals surface area contributed by atoms with Crippen LogP contribution in [0.5, 0.6) is 0 Å². The number of rotatable bonds is 7. The van der Waals surface area contributed by atoms with Crippen molar-refractivity contribution in [2.75, 3.05) is 0 Å². The first-order valence-corrected chi connectivity index (χ1v) is 8.52. The second-order valence-electron chi connectivity index (χ2n) is 6.50. The summed E-state index contributed by atoms with van der Waals surface area (Å²) >= 11 is 0. The molecule has 25 heavy (non-hydrogen) atoms. The molecule has 1 aliphatic rings. The highest BCUT2D eigenvalue weighted by Crippen LogP contribution is 2.31. The normalized spacial score (nSPS) is 20.5. The zero-order chi connectivity index (χ0) is 17.6. The fourth-order valence-corrected chi connectivity index (χ4v) is 3.07. The summed E-state index contributed by atoms with van der Waals surface area (Å²) in [4.78, 5) is 27.6. The summed E-state index contributed by atoms with van der Waals surface area (Å²) in [6, 6.07) is 8.73. The number of nitrogens with one attached hydrogen (secondary N) is 2. The number of aromatic amines is 1. The van der Waals surface area contributed by atoms with E-state index in [1.165, 1.54) is 6.07 Å². The predicted molar refractivity (Wildman–Crippen MR) is 91.8 cm³/mol. The predicted octanol–water partition coefficient (Wildman–Crippen LogP) is 0.596. The van der Waals surface area contributed by atoms with Gasteiger partial charge >= 0.3 is 0 Å². The molecule has 2 aromatic heterocycles. The number of hydrogen-bond acceptors (Lipinski definition) is 5. The molecule has 7 nitrogen and oxygen atoms in total. The van der Waals surface area contributed by atoms with Crippen molar-refractivity contribution in [1.29, 1.82) is 0 Å². The van der Waals surface area contributed by atoms with E-state index in [4.69, 9.17) is 0 Å². The van der Waals surface area contributed by atoms with Gasteiger partial charge in [-0.2, -0.15) is 5.10 Å². The Morgan fingerprint density at radius 2 is 2.12 bits per heavy atom. The van der Waals surface area contributed by atoms with Crippen molar-refractivity contribution in [2.24, 2.45) is 5.92 Å². The Kier molecular flexibility index (Phi) is 5.55. The highest BCUT2D eigenvalue weighted by atomic mass is 16.3. The lowest BCUT2D eigenvalue weighted by atomic mass is 9.76. The highest BCUT2D eigenvalue weighted by molar-refractivity contribution is 5.76. The van der Waals surface area contributed by atoms with E-state index in [1.54, 1.807) is 12.3 Å². The maximum Gasteiger partial charge on any atom is 0.264 e. The van der Waals surface area contributed by atoms with E-state index in [9.17, 15) is 14.7 Å². The monoisotopic (exact) mass is 342 g/mol. The molecule has 1 amide bonds. The fraction of sp³-hybridized carbons (Fsp3) is 0.444. The molecule has 3 N–H and O–H groups in total. The molecule has 2 heterocycles. The van der Waals surface area contributed by atoms with Crippen LogP contribution in [0.4, 0.5) is 0 Å². The molecule has 7 heteroatoms. The summed E-state index contributed by atoms with van der Waals surface area (Å²) in [6.45, 7) is 0. The van der Waals surface area contributed by atoms with Gasteiger partial charge in [0.1, 0.15) is 0 Å². The van der Waals surface area contributed by atoms with E-state index >= 15 is 0 Å². The van der Waals surface area contributed by atoms with Gasteiger partial charge in [0.25, 0.3) is 5.56 Å². The molecule has 1 aliphatic carbocycles. The molecule has 0 saturated heterocycles. The Morgan fingerprint density at radius 3 is 2.76 bits per heavy atom. The Labute approximate surface area is 145 Å². The Bertz CT molecular complexity index is 736. The van der Waals surface area contributed by atoms with Crippen molar-refractivity contribution in [1.82, 2.24) is 20.5 Å². The largest absolute Gasteiger partial charge is 0.393 e. The van der Waals surface area contributed by atoms with E-state index in [1.807, 2.05) is 18.2 Å². The molecule has 1 atom stereocenters. The summed E-state index contributed by atoms with van der Waals surface area (Å²) in [7, 11) is 0. The molecule has 1 fully saturated rings. The summed E-state index contributed by atoms with van der Waals surface area (Å²) in [5.41, 5.74) is 1.35. The SMILES string of the molecule is O=C(CCc1ccc(=O)[nH]n1)N[C@H](Cc1ccccn1)C1CC(O)C1. The third-order valence-corrected chi connectivity index (χ3v) is 4.57. The highest BCUT2D eigenvalue weighted by Gasteiger charge is 2.34. The van der Waals surface area contributed by atoms with E-state index in [-0.39, 0.29) is 29.5 Å². The molecule has 1 saturated carbocycles. The average Bonchev–Trinajstić information content (AvgIpc) is 2.59. The molecular weight excluding hydrogens is 320 g/mol. The van der Waals surface area contributed by atoms with Gasteiger partial charge in [-0.05, 0) is 37.0 Å². The molecule has 3 rings (SSSR count). The third kappa shape index (κ3) is 4.96. The van der Waals surface area contributed by atoms with Gasteiger partial charge in [-0.3, -0.25) is 14.6 Å². The quantitative estimate of drug-likeness (QED) is 0.683. The number of aromatic nitrogens is 3. The smallest absolute Gasteiger partial charge is 0.264 e. The Balaban J connectivity index is 1.56. The number of hydrogen-bond donors (Lipinski definition) is 3. The average molecular weight is 342 g/mol. The number of H-pyrrole nitrogens is 1. The van der Waals surface area contributed by atoms with Gasteiger partial charge in [0.15, 0.2) is 0 Å². The minimum absolute atomic E-state index is 0.0330. The van der Waals surface area contributed by atoms with Gasteiger partial charge in [0, 0.05) is 43.3 Å². The summed E-state index contributed by atoms with van der Waals surface area (Å²) < 4.78 is 0. The first-order valence-electron chi connectivity index (χ1n) is 8.52. The number of carbonyl (C=O) groups is 1. The second kappa shape index (κ2) is 8.02. The molecular formula is C18H22N4O3. The van der Waals surface area contributed by atoms with Gasteiger partial charge < -0.3 is 10.4 Å².